The molecule has 2 heterocycles. The Labute approximate surface area is 113 Å². The van der Waals surface area contributed by atoms with Crippen molar-refractivity contribution in [1.82, 2.24) is 9.78 Å². The highest BCUT2D eigenvalue weighted by atomic mass is 35.5. The van der Waals surface area contributed by atoms with Crippen LogP contribution in [0.2, 0.25) is 5.02 Å². The van der Waals surface area contributed by atoms with E-state index in [1.165, 1.54) is 0 Å². The van der Waals surface area contributed by atoms with Crippen LogP contribution in [0.25, 0.3) is 20.7 Å². The van der Waals surface area contributed by atoms with E-state index in [4.69, 9.17) is 11.6 Å². The fourth-order valence-corrected chi connectivity index (χ4v) is 3.32. The number of nitriles is 1. The number of rotatable bonds is 1. The minimum atomic E-state index is 0.647. The van der Waals surface area contributed by atoms with Crippen molar-refractivity contribution in [3.63, 3.8) is 0 Å². The van der Waals surface area contributed by atoms with Crippen molar-refractivity contribution < 1.29 is 0 Å². The number of nitrogens with zero attached hydrogens (tertiary/aromatic N) is 3. The summed E-state index contributed by atoms with van der Waals surface area (Å²) in [7, 11) is 1.87. The molecular formula is C13H8ClN3S. The zero-order valence-electron chi connectivity index (χ0n) is 9.51. The van der Waals surface area contributed by atoms with E-state index < -0.39 is 0 Å². The standard InChI is InChI=1S/C13H8ClN3S/c1-17-11(4-5-16-17)13-10(7-15)9-6-8(14)2-3-12(9)18-13/h2-6H,1H3. The lowest BCUT2D eigenvalue weighted by molar-refractivity contribution is 0.777. The Morgan fingerprint density at radius 2 is 2.22 bits per heavy atom. The van der Waals surface area contributed by atoms with Gasteiger partial charge in [0.1, 0.15) is 6.07 Å². The predicted molar refractivity (Wildman–Crippen MR) is 73.8 cm³/mol. The number of halogens is 1. The van der Waals surface area contributed by atoms with Gasteiger partial charge in [0, 0.05) is 28.4 Å². The molecule has 0 bridgehead atoms. The second kappa shape index (κ2) is 4.13. The summed E-state index contributed by atoms with van der Waals surface area (Å²) in [5.74, 6) is 0. The third-order valence-electron chi connectivity index (χ3n) is 2.82. The quantitative estimate of drug-likeness (QED) is 0.676. The number of hydrogen-bond acceptors (Lipinski definition) is 3. The first-order valence-electron chi connectivity index (χ1n) is 5.31. The summed E-state index contributed by atoms with van der Waals surface area (Å²) in [6.07, 6.45) is 1.73. The third-order valence-corrected chi connectivity index (χ3v) is 4.24. The summed E-state index contributed by atoms with van der Waals surface area (Å²) in [6, 6.07) is 9.81. The monoisotopic (exact) mass is 273 g/mol. The van der Waals surface area contributed by atoms with Crippen molar-refractivity contribution in [1.29, 1.82) is 5.26 Å². The summed E-state index contributed by atoms with van der Waals surface area (Å²) >= 11 is 7.58. The third kappa shape index (κ3) is 1.60. The van der Waals surface area contributed by atoms with Crippen molar-refractivity contribution in [2.45, 2.75) is 0 Å². The lowest BCUT2D eigenvalue weighted by Crippen LogP contribution is -1.92. The number of aryl methyl sites for hydroxylation is 1. The normalized spacial score (nSPS) is 10.7. The molecule has 0 atom stereocenters. The number of fused-ring (bicyclic) bond motifs is 1. The average molecular weight is 274 g/mol. The molecular weight excluding hydrogens is 266 g/mol. The number of hydrogen-bond donors (Lipinski definition) is 0. The lowest BCUT2D eigenvalue weighted by Gasteiger charge is -1.98. The summed E-state index contributed by atoms with van der Waals surface area (Å²) in [5, 5.41) is 15.1. The van der Waals surface area contributed by atoms with Crippen LogP contribution in [-0.4, -0.2) is 9.78 Å². The van der Waals surface area contributed by atoms with Crippen LogP contribution in [0.1, 0.15) is 5.56 Å². The molecule has 0 N–H and O–H groups in total. The molecule has 0 radical (unpaired) electrons. The van der Waals surface area contributed by atoms with Crippen LogP contribution in [0, 0.1) is 11.3 Å². The molecule has 0 fully saturated rings. The van der Waals surface area contributed by atoms with Crippen LogP contribution in [0.4, 0.5) is 0 Å². The van der Waals surface area contributed by atoms with Gasteiger partial charge in [-0.2, -0.15) is 10.4 Å². The fourth-order valence-electron chi connectivity index (χ4n) is 1.96. The van der Waals surface area contributed by atoms with Crippen LogP contribution in [0.5, 0.6) is 0 Å². The van der Waals surface area contributed by atoms with E-state index >= 15 is 0 Å². The van der Waals surface area contributed by atoms with Crippen molar-refractivity contribution in [2.75, 3.05) is 0 Å². The first kappa shape index (κ1) is 11.3. The Kier molecular flexibility index (Phi) is 2.58. The lowest BCUT2D eigenvalue weighted by atomic mass is 10.1. The largest absolute Gasteiger partial charge is 0.267 e. The van der Waals surface area contributed by atoms with E-state index in [1.807, 2.05) is 31.3 Å². The molecule has 2 aromatic heterocycles. The van der Waals surface area contributed by atoms with Gasteiger partial charge in [0.15, 0.2) is 0 Å². The molecule has 0 amide bonds. The van der Waals surface area contributed by atoms with Crippen LogP contribution in [0.15, 0.2) is 30.5 Å². The number of thiophene rings is 1. The molecule has 88 valence electrons. The topological polar surface area (TPSA) is 41.6 Å². The SMILES string of the molecule is Cn1nccc1-c1sc2ccc(Cl)cc2c1C#N. The minimum Gasteiger partial charge on any atom is -0.267 e. The molecule has 0 spiro atoms. The van der Waals surface area contributed by atoms with E-state index in [1.54, 1.807) is 22.2 Å². The van der Waals surface area contributed by atoms with Crippen molar-refractivity contribution >= 4 is 33.0 Å². The molecule has 0 aliphatic rings. The molecule has 0 saturated heterocycles. The number of aromatic nitrogens is 2. The first-order chi connectivity index (χ1) is 8.70. The Bertz CT molecular complexity index is 779. The zero-order chi connectivity index (χ0) is 12.7. The maximum Gasteiger partial charge on any atom is 0.101 e. The summed E-state index contributed by atoms with van der Waals surface area (Å²) in [6.45, 7) is 0. The van der Waals surface area contributed by atoms with Crippen LogP contribution >= 0.6 is 22.9 Å². The van der Waals surface area contributed by atoms with E-state index in [9.17, 15) is 5.26 Å². The Hall–Kier alpha value is -1.83. The van der Waals surface area contributed by atoms with Crippen LogP contribution in [-0.2, 0) is 7.05 Å². The van der Waals surface area contributed by atoms with Crippen LogP contribution < -0.4 is 0 Å². The van der Waals surface area contributed by atoms with Gasteiger partial charge >= 0.3 is 0 Å². The maximum atomic E-state index is 9.37. The molecule has 3 nitrogen and oxygen atoms in total. The summed E-state index contributed by atoms with van der Waals surface area (Å²) in [5.41, 5.74) is 1.62. The Morgan fingerprint density at radius 3 is 2.89 bits per heavy atom. The molecule has 0 saturated carbocycles. The second-order valence-electron chi connectivity index (χ2n) is 3.90. The number of benzene rings is 1. The summed E-state index contributed by atoms with van der Waals surface area (Å²) in [4.78, 5) is 0.940. The Balaban J connectivity index is 2.38. The van der Waals surface area contributed by atoms with Gasteiger partial charge in [-0.25, -0.2) is 0 Å². The van der Waals surface area contributed by atoms with Crippen molar-refractivity contribution in [3.05, 3.63) is 41.0 Å². The van der Waals surface area contributed by atoms with Gasteiger partial charge in [-0.05, 0) is 24.3 Å². The molecule has 1 aromatic carbocycles. The molecule has 0 aliphatic heterocycles. The zero-order valence-corrected chi connectivity index (χ0v) is 11.1. The van der Waals surface area contributed by atoms with E-state index in [-0.39, 0.29) is 0 Å². The van der Waals surface area contributed by atoms with Gasteiger partial charge in [-0.1, -0.05) is 11.6 Å². The van der Waals surface area contributed by atoms with Gasteiger partial charge in [0.2, 0.25) is 0 Å². The minimum absolute atomic E-state index is 0.647. The van der Waals surface area contributed by atoms with Gasteiger partial charge < -0.3 is 0 Å². The average Bonchev–Trinajstić information content (AvgIpc) is 2.91. The van der Waals surface area contributed by atoms with E-state index in [2.05, 4.69) is 11.2 Å². The molecule has 3 aromatic rings. The van der Waals surface area contributed by atoms with E-state index in [0.717, 1.165) is 20.7 Å². The van der Waals surface area contributed by atoms with Crippen molar-refractivity contribution in [3.8, 4) is 16.6 Å². The fraction of sp³-hybridized carbons (Fsp3) is 0.0769. The summed E-state index contributed by atoms with van der Waals surface area (Å²) < 4.78 is 2.83. The Morgan fingerprint density at radius 1 is 1.39 bits per heavy atom. The molecule has 18 heavy (non-hydrogen) atoms. The van der Waals surface area contributed by atoms with Crippen molar-refractivity contribution in [2.24, 2.45) is 7.05 Å². The molecule has 0 aliphatic carbocycles. The molecule has 3 rings (SSSR count). The van der Waals surface area contributed by atoms with Gasteiger partial charge in [-0.15, -0.1) is 11.3 Å². The highest BCUT2D eigenvalue weighted by Gasteiger charge is 2.16. The maximum absolute atomic E-state index is 9.37. The van der Waals surface area contributed by atoms with Gasteiger partial charge in [-0.3, -0.25) is 4.68 Å². The second-order valence-corrected chi connectivity index (χ2v) is 5.39. The smallest absolute Gasteiger partial charge is 0.101 e. The first-order valence-corrected chi connectivity index (χ1v) is 6.50. The van der Waals surface area contributed by atoms with E-state index in [0.29, 0.717) is 10.6 Å². The van der Waals surface area contributed by atoms with Crippen LogP contribution in [0.3, 0.4) is 0 Å². The highest BCUT2D eigenvalue weighted by Crippen LogP contribution is 2.38. The highest BCUT2D eigenvalue weighted by molar-refractivity contribution is 7.22. The molecule has 0 unspecified atom stereocenters. The van der Waals surface area contributed by atoms with Gasteiger partial charge in [0.25, 0.3) is 0 Å². The predicted octanol–water partition coefficient (Wildman–Crippen LogP) is 3.83. The molecule has 5 heteroatoms. The van der Waals surface area contributed by atoms with Gasteiger partial charge in [0.05, 0.1) is 16.1 Å².